The summed E-state index contributed by atoms with van der Waals surface area (Å²) in [5.74, 6) is -2.77. The third kappa shape index (κ3) is 14.6. The van der Waals surface area contributed by atoms with Gasteiger partial charge in [0.05, 0.1) is 30.2 Å². The van der Waals surface area contributed by atoms with Gasteiger partial charge in [-0.15, -0.1) is 0 Å². The first kappa shape index (κ1) is 42.0. The summed E-state index contributed by atoms with van der Waals surface area (Å²) in [6, 6.07) is 6.11. The van der Waals surface area contributed by atoms with Gasteiger partial charge in [0, 0.05) is 39.3 Å². The van der Waals surface area contributed by atoms with Crippen molar-refractivity contribution < 1.29 is 48.0 Å². The zero-order valence-electron chi connectivity index (χ0n) is 30.8. The predicted molar refractivity (Wildman–Crippen MR) is 193 cm³/mol. The van der Waals surface area contributed by atoms with Crippen molar-refractivity contribution in [1.29, 1.82) is 0 Å². The summed E-state index contributed by atoms with van der Waals surface area (Å²) in [4.78, 5) is 70.1. The lowest BCUT2D eigenvalue weighted by molar-refractivity contribution is -0.166. The highest BCUT2D eigenvalue weighted by atomic mass is 35.5. The van der Waals surface area contributed by atoms with Crippen molar-refractivity contribution in [3.63, 3.8) is 0 Å². The summed E-state index contributed by atoms with van der Waals surface area (Å²) in [6.07, 6.45) is 4.59. The molecule has 0 saturated heterocycles. The SMILES string of the molecule is CC(=O)OCC(COC(C)=O)OC(=O)CC(C)CC(=O)OC1CCC(N(CC(C)C)c2ccc([C@H](C)CC(=O)O)cc2Nc2cnc(Cl)cn2)CC1. The molecule has 0 bridgehead atoms. The van der Waals surface area contributed by atoms with Gasteiger partial charge in [0.2, 0.25) is 0 Å². The molecule has 1 aromatic carbocycles. The van der Waals surface area contributed by atoms with Gasteiger partial charge in [-0.3, -0.25) is 24.0 Å². The Morgan fingerprint density at radius 1 is 0.904 bits per heavy atom. The maximum Gasteiger partial charge on any atom is 0.306 e. The number of rotatable bonds is 19. The van der Waals surface area contributed by atoms with E-state index < -0.39 is 36.0 Å². The maximum atomic E-state index is 12.9. The molecule has 286 valence electrons. The number of carboxylic acids is 1. The normalized spacial score (nSPS) is 16.8. The van der Waals surface area contributed by atoms with E-state index in [1.54, 1.807) is 13.1 Å². The van der Waals surface area contributed by atoms with E-state index in [0.29, 0.717) is 24.6 Å². The maximum absolute atomic E-state index is 12.9. The minimum Gasteiger partial charge on any atom is -0.481 e. The molecule has 2 aromatic rings. The van der Waals surface area contributed by atoms with Gasteiger partial charge < -0.3 is 34.3 Å². The van der Waals surface area contributed by atoms with Crippen LogP contribution in [0.4, 0.5) is 17.2 Å². The lowest BCUT2D eigenvalue weighted by Gasteiger charge is -2.40. The summed E-state index contributed by atoms with van der Waals surface area (Å²) in [6.45, 7) is 10.6. The molecule has 3 rings (SSSR count). The first-order valence-corrected chi connectivity index (χ1v) is 18.0. The molecular formula is C37H51ClN4O10. The van der Waals surface area contributed by atoms with Crippen LogP contribution in [0.25, 0.3) is 0 Å². The van der Waals surface area contributed by atoms with Crippen molar-refractivity contribution in [2.45, 2.75) is 111 Å². The van der Waals surface area contributed by atoms with Crippen molar-refractivity contribution in [1.82, 2.24) is 9.97 Å². The van der Waals surface area contributed by atoms with E-state index in [9.17, 15) is 29.1 Å². The highest BCUT2D eigenvalue weighted by molar-refractivity contribution is 6.29. The summed E-state index contributed by atoms with van der Waals surface area (Å²) >= 11 is 5.97. The van der Waals surface area contributed by atoms with E-state index in [1.807, 2.05) is 25.1 Å². The van der Waals surface area contributed by atoms with Crippen LogP contribution in [-0.2, 0) is 42.9 Å². The fourth-order valence-electron chi connectivity index (χ4n) is 6.06. The molecule has 1 aliphatic carbocycles. The molecule has 0 aliphatic heterocycles. The summed E-state index contributed by atoms with van der Waals surface area (Å²) in [7, 11) is 0. The molecule has 1 heterocycles. The lowest BCUT2D eigenvalue weighted by Crippen LogP contribution is -2.42. The quantitative estimate of drug-likeness (QED) is 0.122. The van der Waals surface area contributed by atoms with Crippen LogP contribution in [0, 0.1) is 11.8 Å². The Hall–Kier alpha value is -4.46. The van der Waals surface area contributed by atoms with Gasteiger partial charge in [0.15, 0.2) is 6.10 Å². The summed E-state index contributed by atoms with van der Waals surface area (Å²) in [5.41, 5.74) is 2.60. The molecule has 1 fully saturated rings. The molecule has 2 atom stereocenters. The molecule has 52 heavy (non-hydrogen) atoms. The van der Waals surface area contributed by atoms with Crippen LogP contribution in [0.1, 0.15) is 98.0 Å². The Bertz CT molecular complexity index is 1500. The van der Waals surface area contributed by atoms with E-state index in [2.05, 4.69) is 34.0 Å². The predicted octanol–water partition coefficient (Wildman–Crippen LogP) is 6.22. The molecule has 15 heteroatoms. The standard InChI is InChI=1S/C37H51ClN4O10/c1-22(2)19-42(32-12-7-27(24(4)15-35(45)46)16-31(32)41-34-18-39-33(38)17-40-34)28-8-10-29(11-9-28)51-36(47)13-23(3)14-37(48)52-30(20-49-25(5)43)21-50-26(6)44/h7,12,16-18,22-24,28-30H,8-11,13-15,19-21H2,1-6H3,(H,40,41)(H,45,46)/t23?,24-,28?,29?/m1/s1. The van der Waals surface area contributed by atoms with Gasteiger partial charge in [-0.1, -0.05) is 45.4 Å². The van der Waals surface area contributed by atoms with Crippen LogP contribution in [0.3, 0.4) is 0 Å². The van der Waals surface area contributed by atoms with Crippen LogP contribution < -0.4 is 10.2 Å². The summed E-state index contributed by atoms with van der Waals surface area (Å²) < 4.78 is 21.0. The number of hydrogen-bond donors (Lipinski definition) is 2. The number of nitrogens with one attached hydrogen (secondary N) is 1. The van der Waals surface area contributed by atoms with Gasteiger partial charge in [-0.2, -0.15) is 0 Å². The molecule has 0 amide bonds. The van der Waals surface area contributed by atoms with E-state index in [-0.39, 0.29) is 61.6 Å². The molecule has 0 radical (unpaired) electrons. The molecule has 2 N–H and O–H groups in total. The molecule has 1 aliphatic rings. The van der Waals surface area contributed by atoms with Crippen molar-refractivity contribution in [2.75, 3.05) is 30.0 Å². The molecule has 1 saturated carbocycles. The number of nitrogens with zero attached hydrogens (tertiary/aromatic N) is 3. The molecule has 0 spiro atoms. The number of halogens is 1. The number of aromatic nitrogens is 2. The second-order valence-electron chi connectivity index (χ2n) is 13.8. The van der Waals surface area contributed by atoms with Gasteiger partial charge in [-0.05, 0) is 61.1 Å². The van der Waals surface area contributed by atoms with Crippen molar-refractivity contribution >= 4 is 58.6 Å². The van der Waals surface area contributed by atoms with Crippen LogP contribution in [-0.4, -0.2) is 82.9 Å². The first-order chi connectivity index (χ1) is 24.6. The number of esters is 4. The highest BCUT2D eigenvalue weighted by Crippen LogP contribution is 2.37. The largest absolute Gasteiger partial charge is 0.481 e. The minimum absolute atomic E-state index is 0.00337. The van der Waals surface area contributed by atoms with E-state index in [0.717, 1.165) is 36.3 Å². The molecular weight excluding hydrogens is 696 g/mol. The summed E-state index contributed by atoms with van der Waals surface area (Å²) in [5, 5.41) is 13.0. The van der Waals surface area contributed by atoms with Crippen molar-refractivity contribution in [3.05, 3.63) is 41.3 Å². The second kappa shape index (κ2) is 20.5. The number of benzene rings is 1. The zero-order chi connectivity index (χ0) is 38.4. The number of aliphatic carboxylic acids is 1. The monoisotopic (exact) mass is 746 g/mol. The zero-order valence-corrected chi connectivity index (χ0v) is 31.5. The van der Waals surface area contributed by atoms with Crippen LogP contribution in [0.5, 0.6) is 0 Å². The molecule has 1 aromatic heterocycles. The second-order valence-corrected chi connectivity index (χ2v) is 14.2. The van der Waals surface area contributed by atoms with Crippen LogP contribution >= 0.6 is 11.6 Å². The van der Waals surface area contributed by atoms with Crippen LogP contribution in [0.2, 0.25) is 5.15 Å². The number of ether oxygens (including phenoxy) is 4. The first-order valence-electron chi connectivity index (χ1n) is 17.6. The topological polar surface area (TPSA) is 184 Å². The molecule has 14 nitrogen and oxygen atoms in total. The van der Waals surface area contributed by atoms with Crippen LogP contribution in [0.15, 0.2) is 30.6 Å². The fourth-order valence-corrected chi connectivity index (χ4v) is 6.16. The average Bonchev–Trinajstić information content (AvgIpc) is 3.05. The Morgan fingerprint density at radius 3 is 2.10 bits per heavy atom. The van der Waals surface area contributed by atoms with Gasteiger partial charge in [-0.25, -0.2) is 9.97 Å². The number of carboxylic acid groups (broad SMARTS) is 1. The Morgan fingerprint density at radius 2 is 1.54 bits per heavy atom. The third-order valence-electron chi connectivity index (χ3n) is 8.48. The Balaban J connectivity index is 1.63. The number of carbonyl (C=O) groups is 5. The van der Waals surface area contributed by atoms with Gasteiger partial charge in [0.1, 0.15) is 30.3 Å². The van der Waals surface area contributed by atoms with Gasteiger partial charge >= 0.3 is 29.8 Å². The van der Waals surface area contributed by atoms with Crippen molar-refractivity contribution in [3.8, 4) is 0 Å². The van der Waals surface area contributed by atoms with Crippen molar-refractivity contribution in [2.24, 2.45) is 11.8 Å². The third-order valence-corrected chi connectivity index (χ3v) is 8.68. The number of anilines is 3. The van der Waals surface area contributed by atoms with E-state index in [4.69, 9.17) is 30.5 Å². The average molecular weight is 747 g/mol. The minimum atomic E-state index is -0.957. The van der Waals surface area contributed by atoms with E-state index >= 15 is 0 Å². The fraction of sp³-hybridized carbons (Fsp3) is 0.595. The lowest BCUT2D eigenvalue weighted by atomic mass is 9.90. The Labute approximate surface area is 309 Å². The number of hydrogen-bond acceptors (Lipinski definition) is 13. The Kier molecular flexibility index (Phi) is 16.6. The molecule has 1 unspecified atom stereocenters. The smallest absolute Gasteiger partial charge is 0.306 e. The van der Waals surface area contributed by atoms with Gasteiger partial charge in [0.25, 0.3) is 0 Å². The van der Waals surface area contributed by atoms with E-state index in [1.165, 1.54) is 20.0 Å². The highest BCUT2D eigenvalue weighted by Gasteiger charge is 2.31. The number of carbonyl (C=O) groups excluding carboxylic acids is 4.